The van der Waals surface area contributed by atoms with Crippen LogP contribution in [0.15, 0.2) is 36.4 Å². The maximum absolute atomic E-state index is 12.9. The molecule has 0 aromatic heterocycles. The normalized spacial score (nSPS) is 36.2. The number of ether oxygens (including phenoxy) is 7. The van der Waals surface area contributed by atoms with Gasteiger partial charge in [-0.1, -0.05) is 36.4 Å². The topological polar surface area (TPSA) is 119 Å². The summed E-state index contributed by atoms with van der Waals surface area (Å²) in [5.41, 5.74) is -1.55. The van der Waals surface area contributed by atoms with Crippen LogP contribution in [0, 0.1) is 5.92 Å². The summed E-state index contributed by atoms with van der Waals surface area (Å²) in [6.45, 7) is 0. The van der Waals surface area contributed by atoms with Crippen LogP contribution in [0.25, 0.3) is 6.08 Å². The Morgan fingerprint density at radius 2 is 1.72 bits per heavy atom. The third kappa shape index (κ3) is 3.14. The van der Waals surface area contributed by atoms with Crippen molar-refractivity contribution in [1.29, 1.82) is 0 Å². The Kier molecular flexibility index (Phi) is 5.77. The highest BCUT2D eigenvalue weighted by Gasteiger charge is 2.86. The zero-order valence-corrected chi connectivity index (χ0v) is 16.3. The van der Waals surface area contributed by atoms with Crippen molar-refractivity contribution in [2.24, 2.45) is 5.92 Å². The first-order chi connectivity index (χ1) is 13.8. The Labute approximate surface area is 166 Å². The minimum Gasteiger partial charge on any atom is -0.468 e. The van der Waals surface area contributed by atoms with Gasteiger partial charge in [0.15, 0.2) is 12.2 Å². The van der Waals surface area contributed by atoms with Gasteiger partial charge in [-0.3, -0.25) is 14.3 Å². The van der Waals surface area contributed by atoms with Crippen molar-refractivity contribution in [2.45, 2.75) is 23.8 Å². The number of fused-ring (bicyclic) bond motifs is 1. The molecule has 10 heteroatoms. The van der Waals surface area contributed by atoms with E-state index in [1.54, 1.807) is 6.08 Å². The molecular weight excluding hydrogens is 388 g/mol. The van der Waals surface area contributed by atoms with Crippen LogP contribution in [0.5, 0.6) is 0 Å². The molecule has 0 radical (unpaired) electrons. The monoisotopic (exact) mass is 410 g/mol. The number of benzene rings is 1. The van der Waals surface area contributed by atoms with Gasteiger partial charge in [-0.2, -0.15) is 0 Å². The summed E-state index contributed by atoms with van der Waals surface area (Å²) in [5, 5.41) is 10.8. The summed E-state index contributed by atoms with van der Waals surface area (Å²) >= 11 is 0. The summed E-state index contributed by atoms with van der Waals surface area (Å²) in [6, 6.07) is 9.22. The fourth-order valence-electron chi connectivity index (χ4n) is 3.48. The lowest BCUT2D eigenvalue weighted by Gasteiger charge is -2.32. The largest absolute Gasteiger partial charge is 0.468 e. The van der Waals surface area contributed by atoms with E-state index in [9.17, 15) is 14.7 Å². The van der Waals surface area contributed by atoms with Crippen LogP contribution >= 0.6 is 0 Å². The molecule has 0 saturated carbocycles. The molecule has 158 valence electrons. The number of hydrogen-bond acceptors (Lipinski definition) is 10. The van der Waals surface area contributed by atoms with Crippen molar-refractivity contribution < 1.29 is 47.9 Å². The Bertz CT molecular complexity index is 795. The van der Waals surface area contributed by atoms with Gasteiger partial charge in [0.05, 0.1) is 14.2 Å². The number of methoxy groups -OCH3 is 4. The standard InChI is InChI=1S/C19H22O10/c1-23-15(20)14-17(16(21)24-2)19(26-4,29-18(14,22)25-3)28-13(27-17)11-10-12-8-6-5-7-9-12/h5-11,13-14,22H,1-4H3/b11-10+. The number of aliphatic hydroxyl groups is 1. The highest BCUT2D eigenvalue weighted by Crippen LogP contribution is 2.57. The second-order valence-electron chi connectivity index (χ2n) is 6.25. The molecule has 1 aromatic rings. The fourth-order valence-corrected chi connectivity index (χ4v) is 3.48. The number of carbonyl (C=O) groups excluding carboxylic acids is 2. The molecule has 2 heterocycles. The molecule has 0 spiro atoms. The molecule has 29 heavy (non-hydrogen) atoms. The lowest BCUT2D eigenvalue weighted by molar-refractivity contribution is -0.454. The Morgan fingerprint density at radius 3 is 2.28 bits per heavy atom. The Hall–Kier alpha value is -2.34. The average molecular weight is 410 g/mol. The highest BCUT2D eigenvalue weighted by molar-refractivity contribution is 5.90. The van der Waals surface area contributed by atoms with Gasteiger partial charge in [0.25, 0.3) is 5.60 Å². The van der Waals surface area contributed by atoms with E-state index in [0.29, 0.717) is 0 Å². The van der Waals surface area contributed by atoms with E-state index in [1.807, 2.05) is 30.3 Å². The van der Waals surface area contributed by atoms with Crippen molar-refractivity contribution in [3.8, 4) is 0 Å². The van der Waals surface area contributed by atoms with E-state index in [0.717, 1.165) is 34.0 Å². The minimum atomic E-state index is -2.65. The molecular formula is C19H22O10. The maximum atomic E-state index is 12.9. The predicted molar refractivity (Wildman–Crippen MR) is 94.5 cm³/mol. The van der Waals surface area contributed by atoms with Crippen LogP contribution in [-0.4, -0.2) is 69.3 Å². The second-order valence-corrected chi connectivity index (χ2v) is 6.25. The maximum Gasteiger partial charge on any atom is 0.348 e. The summed E-state index contributed by atoms with van der Waals surface area (Å²) in [5.74, 6) is -8.98. The van der Waals surface area contributed by atoms with Gasteiger partial charge >= 0.3 is 23.9 Å². The van der Waals surface area contributed by atoms with Gasteiger partial charge < -0.3 is 28.8 Å². The van der Waals surface area contributed by atoms with Crippen LogP contribution in [0.2, 0.25) is 0 Å². The zero-order valence-electron chi connectivity index (χ0n) is 16.3. The third-order valence-electron chi connectivity index (χ3n) is 4.81. The molecule has 0 aliphatic carbocycles. The Balaban J connectivity index is 2.07. The van der Waals surface area contributed by atoms with Gasteiger partial charge in [-0.05, 0) is 11.6 Å². The van der Waals surface area contributed by atoms with Crippen LogP contribution in [0.4, 0.5) is 0 Å². The predicted octanol–water partition coefficient (Wildman–Crippen LogP) is 0.397. The molecule has 3 rings (SSSR count). The molecule has 5 atom stereocenters. The molecule has 0 amide bonds. The van der Waals surface area contributed by atoms with Crippen molar-refractivity contribution in [2.75, 3.05) is 28.4 Å². The van der Waals surface area contributed by atoms with Crippen molar-refractivity contribution >= 4 is 18.0 Å². The first-order valence-electron chi connectivity index (χ1n) is 8.60. The van der Waals surface area contributed by atoms with Gasteiger partial charge in [-0.25, -0.2) is 4.79 Å². The SMILES string of the molecule is COC(=O)C1C(O)(OC)OC2(OC)OC(/C=C/c3ccccc3)OC12C(=O)OC. The van der Waals surface area contributed by atoms with Crippen LogP contribution in [-0.2, 0) is 42.7 Å². The second kappa shape index (κ2) is 7.82. The van der Waals surface area contributed by atoms with Crippen molar-refractivity contribution in [1.82, 2.24) is 0 Å². The van der Waals surface area contributed by atoms with E-state index in [4.69, 9.17) is 33.2 Å². The Morgan fingerprint density at radius 1 is 1.03 bits per heavy atom. The molecule has 2 aliphatic rings. The summed E-state index contributed by atoms with van der Waals surface area (Å²) in [7, 11) is 4.36. The van der Waals surface area contributed by atoms with Crippen molar-refractivity contribution in [3.05, 3.63) is 42.0 Å². The molecule has 1 aromatic carbocycles. The van der Waals surface area contributed by atoms with E-state index in [1.165, 1.54) is 6.08 Å². The van der Waals surface area contributed by atoms with Gasteiger partial charge in [-0.15, -0.1) is 0 Å². The smallest absolute Gasteiger partial charge is 0.348 e. The zero-order chi connectivity index (χ0) is 21.3. The molecule has 5 unspecified atom stereocenters. The third-order valence-corrected chi connectivity index (χ3v) is 4.81. The van der Waals surface area contributed by atoms with Gasteiger partial charge in [0.2, 0.25) is 0 Å². The van der Waals surface area contributed by atoms with E-state index < -0.39 is 41.7 Å². The van der Waals surface area contributed by atoms with Crippen LogP contribution < -0.4 is 0 Å². The van der Waals surface area contributed by atoms with Gasteiger partial charge in [0, 0.05) is 14.2 Å². The van der Waals surface area contributed by atoms with E-state index >= 15 is 0 Å². The minimum absolute atomic E-state index is 0.828. The molecule has 2 fully saturated rings. The van der Waals surface area contributed by atoms with Crippen molar-refractivity contribution in [3.63, 3.8) is 0 Å². The van der Waals surface area contributed by atoms with Crippen LogP contribution in [0.3, 0.4) is 0 Å². The first-order valence-corrected chi connectivity index (χ1v) is 8.60. The number of hydrogen-bond donors (Lipinski definition) is 1. The molecule has 2 aliphatic heterocycles. The fraction of sp³-hybridized carbons (Fsp3) is 0.474. The number of esters is 2. The molecule has 0 bridgehead atoms. The number of rotatable bonds is 6. The lowest BCUT2D eigenvalue weighted by Crippen LogP contribution is -2.61. The summed E-state index contributed by atoms with van der Waals surface area (Å²) in [6.07, 6.45) is 1.97. The summed E-state index contributed by atoms with van der Waals surface area (Å²) in [4.78, 5) is 25.4. The quantitative estimate of drug-likeness (QED) is 0.521. The molecule has 2 saturated heterocycles. The molecule has 1 N–H and O–H groups in total. The molecule has 10 nitrogen and oxygen atoms in total. The first kappa shape index (κ1) is 21.4. The van der Waals surface area contributed by atoms with E-state index in [-0.39, 0.29) is 0 Å². The highest BCUT2D eigenvalue weighted by atomic mass is 17.0. The lowest BCUT2D eigenvalue weighted by atomic mass is 9.85. The summed E-state index contributed by atoms with van der Waals surface area (Å²) < 4.78 is 36.7. The number of carbonyl (C=O) groups is 2. The van der Waals surface area contributed by atoms with Crippen LogP contribution in [0.1, 0.15) is 5.56 Å². The van der Waals surface area contributed by atoms with Gasteiger partial charge in [0.1, 0.15) is 0 Å². The average Bonchev–Trinajstić information content (AvgIpc) is 3.17. The van der Waals surface area contributed by atoms with E-state index in [2.05, 4.69) is 0 Å².